The van der Waals surface area contributed by atoms with Crippen LogP contribution in [0.3, 0.4) is 0 Å². The van der Waals surface area contributed by atoms with Gasteiger partial charge in [-0.3, -0.25) is 0 Å². The number of nitrogens with one attached hydrogen (secondary N) is 2. The van der Waals surface area contributed by atoms with Gasteiger partial charge in [-0.05, 0) is 17.3 Å². The first-order chi connectivity index (χ1) is 11.7. The summed E-state index contributed by atoms with van der Waals surface area (Å²) in [6.45, 7) is -0.218. The van der Waals surface area contributed by atoms with E-state index >= 15 is 0 Å². The highest BCUT2D eigenvalue weighted by atomic mass is 16.6. The summed E-state index contributed by atoms with van der Waals surface area (Å²) < 4.78 is 15.1. The fourth-order valence-electron chi connectivity index (χ4n) is 1.66. The van der Waals surface area contributed by atoms with Crippen LogP contribution in [0.2, 0.25) is 0 Å². The van der Waals surface area contributed by atoms with E-state index in [1.165, 1.54) is 20.4 Å². The number of carbonyl (C=O) groups is 1. The highest BCUT2D eigenvalue weighted by Crippen LogP contribution is 2.29. The normalized spacial score (nSPS) is 10.6. The molecule has 10 nitrogen and oxygen atoms in total. The number of ether oxygens (including phenoxy) is 3. The molecule has 0 aliphatic carbocycles. The SMILES string of the molecule is COC(=O)COc1ccc(OC)c(NC=C(C#N)c2nn[nH]n2)c1. The predicted octanol–water partition coefficient (Wildman–Crippen LogP) is 0.737. The Bertz CT molecular complexity index is 766. The van der Waals surface area contributed by atoms with Gasteiger partial charge in [0, 0.05) is 12.3 Å². The van der Waals surface area contributed by atoms with Gasteiger partial charge in [0.2, 0.25) is 5.82 Å². The summed E-state index contributed by atoms with van der Waals surface area (Å²) >= 11 is 0. The Morgan fingerprint density at radius 2 is 2.29 bits per heavy atom. The number of hydrogen-bond acceptors (Lipinski definition) is 9. The molecule has 0 spiro atoms. The van der Waals surface area contributed by atoms with Crippen molar-refractivity contribution >= 4 is 17.2 Å². The largest absolute Gasteiger partial charge is 0.495 e. The number of tetrazole rings is 1. The van der Waals surface area contributed by atoms with Crippen LogP contribution in [0.15, 0.2) is 24.4 Å². The molecule has 0 bridgehead atoms. The number of allylic oxidation sites excluding steroid dienone is 1. The van der Waals surface area contributed by atoms with Gasteiger partial charge in [-0.25, -0.2) is 4.79 Å². The monoisotopic (exact) mass is 330 g/mol. The highest BCUT2D eigenvalue weighted by molar-refractivity contribution is 5.75. The smallest absolute Gasteiger partial charge is 0.343 e. The van der Waals surface area contributed by atoms with E-state index in [9.17, 15) is 4.79 Å². The second-order valence-electron chi connectivity index (χ2n) is 4.28. The number of hydrogen-bond donors (Lipinski definition) is 2. The second-order valence-corrected chi connectivity index (χ2v) is 4.28. The fourth-order valence-corrected chi connectivity index (χ4v) is 1.66. The van der Waals surface area contributed by atoms with Gasteiger partial charge in [-0.2, -0.15) is 10.5 Å². The Balaban J connectivity index is 2.18. The zero-order valence-electron chi connectivity index (χ0n) is 12.9. The summed E-state index contributed by atoms with van der Waals surface area (Å²) in [6, 6.07) is 6.87. The van der Waals surface area contributed by atoms with E-state index in [-0.39, 0.29) is 18.0 Å². The van der Waals surface area contributed by atoms with Crippen molar-refractivity contribution in [1.82, 2.24) is 20.6 Å². The maximum atomic E-state index is 11.1. The van der Waals surface area contributed by atoms with Crippen LogP contribution >= 0.6 is 0 Å². The van der Waals surface area contributed by atoms with E-state index < -0.39 is 5.97 Å². The molecule has 0 atom stereocenters. The van der Waals surface area contributed by atoms with Crippen LogP contribution in [-0.2, 0) is 9.53 Å². The molecule has 2 N–H and O–H groups in total. The Morgan fingerprint density at radius 3 is 2.92 bits per heavy atom. The van der Waals surface area contributed by atoms with Crippen LogP contribution in [0.4, 0.5) is 5.69 Å². The number of esters is 1. The lowest BCUT2D eigenvalue weighted by atomic mass is 10.2. The predicted molar refractivity (Wildman–Crippen MR) is 81.9 cm³/mol. The average Bonchev–Trinajstić information content (AvgIpc) is 3.14. The van der Waals surface area contributed by atoms with E-state index in [1.54, 1.807) is 18.2 Å². The van der Waals surface area contributed by atoms with Crippen LogP contribution < -0.4 is 14.8 Å². The van der Waals surface area contributed by atoms with Gasteiger partial charge in [0.15, 0.2) is 6.61 Å². The summed E-state index contributed by atoms with van der Waals surface area (Å²) in [5.74, 6) is 0.600. The molecule has 0 radical (unpaired) electrons. The summed E-state index contributed by atoms with van der Waals surface area (Å²) in [5.41, 5.74) is 0.697. The molecule has 124 valence electrons. The summed E-state index contributed by atoms with van der Waals surface area (Å²) in [7, 11) is 2.78. The van der Waals surface area contributed by atoms with E-state index in [1.807, 2.05) is 6.07 Å². The number of methoxy groups -OCH3 is 2. The third-order valence-corrected chi connectivity index (χ3v) is 2.83. The molecule has 0 amide bonds. The second kappa shape index (κ2) is 8.14. The average molecular weight is 330 g/mol. The maximum Gasteiger partial charge on any atom is 0.343 e. The topological polar surface area (TPSA) is 135 Å². The van der Waals surface area contributed by atoms with Gasteiger partial charge in [-0.15, -0.1) is 10.2 Å². The van der Waals surface area contributed by atoms with E-state index in [4.69, 9.17) is 14.7 Å². The maximum absolute atomic E-state index is 11.1. The molecule has 0 saturated heterocycles. The molecule has 10 heteroatoms. The molecular formula is C14H14N6O4. The first-order valence-electron chi connectivity index (χ1n) is 6.66. The van der Waals surface area contributed by atoms with Crippen LogP contribution in [0.1, 0.15) is 5.82 Å². The van der Waals surface area contributed by atoms with Gasteiger partial charge < -0.3 is 19.5 Å². The minimum absolute atomic E-state index is 0.155. The molecular weight excluding hydrogens is 316 g/mol. The lowest BCUT2D eigenvalue weighted by molar-refractivity contribution is -0.142. The minimum atomic E-state index is -0.496. The molecule has 0 aliphatic rings. The van der Waals surface area contributed by atoms with Crippen molar-refractivity contribution in [3.63, 3.8) is 0 Å². The molecule has 0 unspecified atom stereocenters. The van der Waals surface area contributed by atoms with Crippen molar-refractivity contribution in [1.29, 1.82) is 5.26 Å². The molecule has 2 rings (SSSR count). The number of anilines is 1. The molecule has 0 aliphatic heterocycles. The van der Waals surface area contributed by atoms with Crippen molar-refractivity contribution in [2.24, 2.45) is 0 Å². The van der Waals surface area contributed by atoms with Gasteiger partial charge in [0.25, 0.3) is 0 Å². The van der Waals surface area contributed by atoms with E-state index in [2.05, 4.69) is 30.7 Å². The Kier molecular flexibility index (Phi) is 5.68. The molecule has 24 heavy (non-hydrogen) atoms. The van der Waals surface area contributed by atoms with Gasteiger partial charge in [-0.1, -0.05) is 0 Å². The first kappa shape index (κ1) is 16.8. The number of nitriles is 1. The zero-order chi connectivity index (χ0) is 17.4. The van der Waals surface area contributed by atoms with E-state index in [0.29, 0.717) is 17.2 Å². The Hall–Kier alpha value is -3.61. The Labute approximate surface area is 137 Å². The highest BCUT2D eigenvalue weighted by Gasteiger charge is 2.09. The third kappa shape index (κ3) is 4.20. The molecule has 1 aromatic heterocycles. The molecule has 1 aromatic carbocycles. The number of H-pyrrole nitrogens is 1. The zero-order valence-corrected chi connectivity index (χ0v) is 12.9. The van der Waals surface area contributed by atoms with E-state index in [0.717, 1.165) is 0 Å². The van der Waals surface area contributed by atoms with Crippen molar-refractivity contribution < 1.29 is 19.0 Å². The minimum Gasteiger partial charge on any atom is -0.495 e. The molecule has 1 heterocycles. The van der Waals surface area contributed by atoms with Crippen LogP contribution in [-0.4, -0.2) is 47.4 Å². The number of benzene rings is 1. The quantitative estimate of drug-likeness (QED) is 0.556. The summed E-state index contributed by atoms with van der Waals surface area (Å²) in [5, 5.41) is 25.2. The van der Waals surface area contributed by atoms with Crippen molar-refractivity contribution in [3.8, 4) is 17.6 Å². The molecule has 0 fully saturated rings. The van der Waals surface area contributed by atoms with Gasteiger partial charge in [0.05, 0.1) is 19.9 Å². The number of rotatable bonds is 7. The fraction of sp³-hybridized carbons (Fsp3) is 0.214. The third-order valence-electron chi connectivity index (χ3n) is 2.83. The lowest BCUT2D eigenvalue weighted by Crippen LogP contribution is -2.12. The van der Waals surface area contributed by atoms with Crippen molar-refractivity contribution in [2.45, 2.75) is 0 Å². The van der Waals surface area contributed by atoms with Crippen LogP contribution in [0, 0.1) is 11.3 Å². The van der Waals surface area contributed by atoms with Gasteiger partial charge >= 0.3 is 5.97 Å². The molecule has 0 saturated carbocycles. The number of aromatic nitrogens is 4. The Morgan fingerprint density at radius 1 is 1.46 bits per heavy atom. The first-order valence-corrected chi connectivity index (χ1v) is 6.66. The standard InChI is InChI=1S/C14H14N6O4/c1-22-12-4-3-10(24-8-13(21)23-2)5-11(12)16-7-9(6-15)14-17-19-20-18-14/h3-5,7,16H,8H2,1-2H3,(H,17,18,19,20). The number of carbonyl (C=O) groups excluding carboxylic acids is 1. The number of nitrogens with zero attached hydrogens (tertiary/aromatic N) is 4. The molecule has 2 aromatic rings. The van der Waals surface area contributed by atoms with Crippen molar-refractivity contribution in [2.75, 3.05) is 26.1 Å². The van der Waals surface area contributed by atoms with Gasteiger partial charge in [0.1, 0.15) is 23.1 Å². The lowest BCUT2D eigenvalue weighted by Gasteiger charge is -2.11. The van der Waals surface area contributed by atoms with Crippen LogP contribution in [0.25, 0.3) is 5.57 Å². The van der Waals surface area contributed by atoms with Crippen LogP contribution in [0.5, 0.6) is 11.5 Å². The number of aromatic amines is 1. The summed E-state index contributed by atoms with van der Waals surface area (Å²) in [6.07, 6.45) is 1.41. The summed E-state index contributed by atoms with van der Waals surface area (Å²) in [4.78, 5) is 11.1. The van der Waals surface area contributed by atoms with Crippen molar-refractivity contribution in [3.05, 3.63) is 30.2 Å².